The number of nitrogens with one attached hydrogen (secondary N) is 1. The van der Waals surface area contributed by atoms with Gasteiger partial charge in [0.2, 0.25) is 11.8 Å². The van der Waals surface area contributed by atoms with E-state index in [4.69, 9.17) is 0 Å². The fourth-order valence-electron chi connectivity index (χ4n) is 2.40. The topological polar surface area (TPSA) is 49.4 Å². The fraction of sp³-hybridized carbons (Fsp3) is 0.556. The number of hydrogen-bond donors (Lipinski definition) is 1. The second-order valence-electron chi connectivity index (χ2n) is 5.82. The summed E-state index contributed by atoms with van der Waals surface area (Å²) in [6, 6.07) is 10.3. The van der Waals surface area contributed by atoms with Crippen molar-refractivity contribution in [3.63, 3.8) is 0 Å². The summed E-state index contributed by atoms with van der Waals surface area (Å²) in [5.41, 5.74) is 1.30. The Balaban J connectivity index is 2.44. The molecule has 0 aliphatic carbocycles. The van der Waals surface area contributed by atoms with Gasteiger partial charge in [-0.15, -0.1) is 0 Å². The fourth-order valence-corrected chi connectivity index (χ4v) is 2.40. The molecule has 1 aromatic rings. The molecule has 0 heterocycles. The first-order valence-electron chi connectivity index (χ1n) is 8.09. The van der Waals surface area contributed by atoms with Crippen molar-refractivity contribution in [2.75, 3.05) is 20.1 Å². The number of rotatable bonds is 9. The maximum absolute atomic E-state index is 12.4. The van der Waals surface area contributed by atoms with Crippen LogP contribution in [0.1, 0.15) is 38.7 Å². The van der Waals surface area contributed by atoms with Gasteiger partial charge in [0.25, 0.3) is 0 Å². The van der Waals surface area contributed by atoms with Gasteiger partial charge in [0.1, 0.15) is 0 Å². The number of carbonyl (C=O) groups is 2. The van der Waals surface area contributed by atoms with Crippen molar-refractivity contribution in [2.24, 2.45) is 5.92 Å². The number of nitrogens with zero attached hydrogens (tertiary/aromatic N) is 1. The molecule has 1 atom stereocenters. The molecule has 0 spiro atoms. The van der Waals surface area contributed by atoms with Gasteiger partial charge in [0, 0.05) is 20.0 Å². The average molecular weight is 304 g/mol. The molecule has 0 saturated heterocycles. The third kappa shape index (κ3) is 6.74. The molecule has 0 aromatic heterocycles. The third-order valence-electron chi connectivity index (χ3n) is 3.75. The molecule has 22 heavy (non-hydrogen) atoms. The Bertz CT molecular complexity index is 459. The maximum atomic E-state index is 12.4. The molecular weight excluding hydrogens is 276 g/mol. The summed E-state index contributed by atoms with van der Waals surface area (Å²) in [5, 5.41) is 2.58. The van der Waals surface area contributed by atoms with E-state index in [-0.39, 0.29) is 18.4 Å². The lowest BCUT2D eigenvalue weighted by molar-refractivity contribution is -0.136. The molecule has 0 saturated carbocycles. The minimum atomic E-state index is -0.112. The zero-order valence-corrected chi connectivity index (χ0v) is 14.0. The van der Waals surface area contributed by atoms with Gasteiger partial charge in [-0.25, -0.2) is 0 Å². The minimum absolute atomic E-state index is 0.0750. The lowest BCUT2D eigenvalue weighted by atomic mass is 9.97. The van der Waals surface area contributed by atoms with E-state index in [9.17, 15) is 9.59 Å². The molecule has 1 rings (SSSR count). The van der Waals surface area contributed by atoms with Crippen molar-refractivity contribution in [2.45, 2.75) is 39.5 Å². The van der Waals surface area contributed by atoms with Crippen LogP contribution in [0, 0.1) is 5.92 Å². The summed E-state index contributed by atoms with van der Waals surface area (Å²) < 4.78 is 0. The number of hydrogen-bond acceptors (Lipinski definition) is 2. The van der Waals surface area contributed by atoms with Gasteiger partial charge in [0.05, 0.1) is 6.54 Å². The normalized spacial score (nSPS) is 11.8. The van der Waals surface area contributed by atoms with E-state index >= 15 is 0 Å². The highest BCUT2D eigenvalue weighted by atomic mass is 16.2. The Labute approximate surface area is 133 Å². The Hall–Kier alpha value is -1.84. The molecule has 4 heteroatoms. The summed E-state index contributed by atoms with van der Waals surface area (Å²) in [6.07, 6.45) is 3.33. The van der Waals surface area contributed by atoms with Crippen LogP contribution >= 0.6 is 0 Å². The molecule has 0 bridgehead atoms. The molecular formula is C18H28N2O2. The Morgan fingerprint density at radius 1 is 1.23 bits per heavy atom. The largest absolute Gasteiger partial charge is 0.358 e. The van der Waals surface area contributed by atoms with Gasteiger partial charge in [-0.3, -0.25) is 9.59 Å². The second-order valence-corrected chi connectivity index (χ2v) is 5.82. The van der Waals surface area contributed by atoms with Crippen molar-refractivity contribution in [1.29, 1.82) is 0 Å². The summed E-state index contributed by atoms with van der Waals surface area (Å²) >= 11 is 0. The van der Waals surface area contributed by atoms with E-state index in [1.807, 2.05) is 25.1 Å². The van der Waals surface area contributed by atoms with Gasteiger partial charge in [-0.2, -0.15) is 0 Å². The lowest BCUT2D eigenvalue weighted by Gasteiger charge is -2.23. The van der Waals surface area contributed by atoms with E-state index in [0.717, 1.165) is 19.3 Å². The maximum Gasteiger partial charge on any atom is 0.239 e. The van der Waals surface area contributed by atoms with Gasteiger partial charge in [0.15, 0.2) is 0 Å². The SMILES string of the molecule is CCCN(CC(=O)NC)C(=O)CC(C)CCc1ccccc1. The van der Waals surface area contributed by atoms with Crippen LogP contribution in [0.2, 0.25) is 0 Å². The molecule has 0 fully saturated rings. The summed E-state index contributed by atoms with van der Waals surface area (Å²) in [5.74, 6) is 0.279. The Morgan fingerprint density at radius 2 is 1.91 bits per heavy atom. The second kappa shape index (κ2) is 9.98. The van der Waals surface area contributed by atoms with Crippen molar-refractivity contribution in [3.05, 3.63) is 35.9 Å². The molecule has 4 nitrogen and oxygen atoms in total. The molecule has 0 aliphatic heterocycles. The van der Waals surface area contributed by atoms with E-state index in [1.54, 1.807) is 11.9 Å². The average Bonchev–Trinajstić information content (AvgIpc) is 2.53. The van der Waals surface area contributed by atoms with Crippen LogP contribution in [0.3, 0.4) is 0 Å². The summed E-state index contributed by atoms with van der Waals surface area (Å²) in [4.78, 5) is 25.5. The van der Waals surface area contributed by atoms with Crippen LogP contribution in [0.25, 0.3) is 0 Å². The lowest BCUT2D eigenvalue weighted by Crippen LogP contribution is -2.40. The van der Waals surface area contributed by atoms with Crippen LogP contribution in [0.15, 0.2) is 30.3 Å². The molecule has 122 valence electrons. The number of aryl methyl sites for hydroxylation is 1. The third-order valence-corrected chi connectivity index (χ3v) is 3.75. The van der Waals surface area contributed by atoms with Crippen molar-refractivity contribution >= 4 is 11.8 Å². The number of benzene rings is 1. The monoisotopic (exact) mass is 304 g/mol. The highest BCUT2D eigenvalue weighted by Crippen LogP contribution is 2.14. The van der Waals surface area contributed by atoms with Crippen LogP contribution in [0.4, 0.5) is 0 Å². The van der Waals surface area contributed by atoms with Gasteiger partial charge >= 0.3 is 0 Å². The molecule has 0 radical (unpaired) electrons. The van der Waals surface area contributed by atoms with Gasteiger partial charge in [-0.1, -0.05) is 44.2 Å². The highest BCUT2D eigenvalue weighted by molar-refractivity contribution is 5.84. The zero-order valence-electron chi connectivity index (χ0n) is 14.0. The van der Waals surface area contributed by atoms with Crippen LogP contribution in [0.5, 0.6) is 0 Å². The van der Waals surface area contributed by atoms with E-state index in [1.165, 1.54) is 5.56 Å². The van der Waals surface area contributed by atoms with Crippen LogP contribution < -0.4 is 5.32 Å². The Kier molecular flexibility index (Phi) is 8.26. The molecule has 0 aliphatic rings. The molecule has 1 N–H and O–H groups in total. The number of likely N-dealkylation sites (N-methyl/N-ethyl adjacent to an activating group) is 1. The predicted octanol–water partition coefficient (Wildman–Crippen LogP) is 2.63. The Morgan fingerprint density at radius 3 is 2.50 bits per heavy atom. The first-order valence-corrected chi connectivity index (χ1v) is 8.09. The number of amides is 2. The summed E-state index contributed by atoms with van der Waals surface area (Å²) in [7, 11) is 1.60. The quantitative estimate of drug-likeness (QED) is 0.762. The molecule has 1 unspecified atom stereocenters. The van der Waals surface area contributed by atoms with E-state index in [2.05, 4.69) is 24.4 Å². The van der Waals surface area contributed by atoms with Gasteiger partial charge < -0.3 is 10.2 Å². The van der Waals surface area contributed by atoms with Gasteiger partial charge in [-0.05, 0) is 30.7 Å². The van der Waals surface area contributed by atoms with Crippen molar-refractivity contribution in [1.82, 2.24) is 10.2 Å². The van der Waals surface area contributed by atoms with Crippen molar-refractivity contribution < 1.29 is 9.59 Å². The van der Waals surface area contributed by atoms with Crippen molar-refractivity contribution in [3.8, 4) is 0 Å². The highest BCUT2D eigenvalue weighted by Gasteiger charge is 2.18. The minimum Gasteiger partial charge on any atom is -0.358 e. The first kappa shape index (κ1) is 18.2. The molecule has 2 amide bonds. The smallest absolute Gasteiger partial charge is 0.239 e. The summed E-state index contributed by atoms with van der Waals surface area (Å²) in [6.45, 7) is 4.92. The van der Waals surface area contributed by atoms with Crippen LogP contribution in [-0.2, 0) is 16.0 Å². The first-order chi connectivity index (χ1) is 10.6. The standard InChI is InChI=1S/C18H28N2O2/c1-4-12-20(14-17(21)19-3)18(22)13-15(2)10-11-16-8-6-5-7-9-16/h5-9,15H,4,10-14H2,1-3H3,(H,19,21). The van der Waals surface area contributed by atoms with Crippen LogP contribution in [-0.4, -0.2) is 36.9 Å². The predicted molar refractivity (Wildman–Crippen MR) is 89.5 cm³/mol. The van der Waals surface area contributed by atoms with E-state index in [0.29, 0.717) is 18.9 Å². The number of carbonyl (C=O) groups excluding carboxylic acids is 2. The molecule has 1 aromatic carbocycles. The van der Waals surface area contributed by atoms with E-state index < -0.39 is 0 Å². The zero-order chi connectivity index (χ0) is 16.4.